The van der Waals surface area contributed by atoms with E-state index in [2.05, 4.69) is 29.3 Å². The standard InChI is InChI=1S/C17H22N2O2/c1-3-19(12-13-20)16-8-4-14(5-9-16)18-15-6-10-17(21-2)11-7-15/h4-11,18,20H,3,12-13H2,1-2H3. The summed E-state index contributed by atoms with van der Waals surface area (Å²) in [5, 5.41) is 12.4. The SMILES string of the molecule is CCN(CCO)c1ccc(Nc2ccc(OC)cc2)cc1. The molecule has 0 heterocycles. The molecule has 0 aliphatic carbocycles. The summed E-state index contributed by atoms with van der Waals surface area (Å²) in [5.74, 6) is 0.846. The van der Waals surface area contributed by atoms with Gasteiger partial charge in [0.25, 0.3) is 0 Å². The second-order valence-electron chi connectivity index (χ2n) is 4.70. The minimum absolute atomic E-state index is 0.166. The van der Waals surface area contributed by atoms with Gasteiger partial charge in [-0.15, -0.1) is 0 Å². The monoisotopic (exact) mass is 286 g/mol. The number of methoxy groups -OCH3 is 1. The number of aliphatic hydroxyl groups is 1. The number of nitrogens with one attached hydrogen (secondary N) is 1. The second kappa shape index (κ2) is 7.55. The Morgan fingerprint density at radius 1 is 1.00 bits per heavy atom. The minimum atomic E-state index is 0.166. The number of rotatable bonds is 7. The number of hydrogen-bond acceptors (Lipinski definition) is 4. The number of nitrogens with zero attached hydrogens (tertiary/aromatic N) is 1. The lowest BCUT2D eigenvalue weighted by Gasteiger charge is -2.22. The van der Waals surface area contributed by atoms with Crippen molar-refractivity contribution in [1.82, 2.24) is 0 Å². The van der Waals surface area contributed by atoms with Crippen molar-refractivity contribution in [3.63, 3.8) is 0 Å². The quantitative estimate of drug-likeness (QED) is 0.820. The molecular formula is C17H22N2O2. The first kappa shape index (κ1) is 15.2. The predicted molar refractivity (Wildman–Crippen MR) is 87.7 cm³/mol. The van der Waals surface area contributed by atoms with Gasteiger partial charge in [0.15, 0.2) is 0 Å². The maximum Gasteiger partial charge on any atom is 0.119 e. The minimum Gasteiger partial charge on any atom is -0.497 e. The van der Waals surface area contributed by atoms with Gasteiger partial charge < -0.3 is 20.1 Å². The Morgan fingerprint density at radius 3 is 2.05 bits per heavy atom. The van der Waals surface area contributed by atoms with Gasteiger partial charge in [-0.3, -0.25) is 0 Å². The highest BCUT2D eigenvalue weighted by atomic mass is 16.5. The lowest BCUT2D eigenvalue weighted by Crippen LogP contribution is -2.25. The highest BCUT2D eigenvalue weighted by molar-refractivity contribution is 5.63. The van der Waals surface area contributed by atoms with Crippen LogP contribution in [0.4, 0.5) is 17.1 Å². The zero-order valence-electron chi connectivity index (χ0n) is 12.5. The van der Waals surface area contributed by atoms with E-state index in [4.69, 9.17) is 9.84 Å². The third-order valence-electron chi connectivity index (χ3n) is 3.36. The first-order chi connectivity index (χ1) is 10.3. The predicted octanol–water partition coefficient (Wildman–Crippen LogP) is 3.26. The summed E-state index contributed by atoms with van der Waals surface area (Å²) < 4.78 is 5.14. The molecule has 0 fully saturated rings. The van der Waals surface area contributed by atoms with E-state index in [0.717, 1.165) is 29.4 Å². The molecule has 2 aromatic carbocycles. The lowest BCUT2D eigenvalue weighted by molar-refractivity contribution is 0.302. The summed E-state index contributed by atoms with van der Waals surface area (Å²) in [7, 11) is 1.66. The highest BCUT2D eigenvalue weighted by Gasteiger charge is 2.03. The van der Waals surface area contributed by atoms with E-state index >= 15 is 0 Å². The normalized spacial score (nSPS) is 10.2. The second-order valence-corrected chi connectivity index (χ2v) is 4.70. The molecule has 0 spiro atoms. The fraction of sp³-hybridized carbons (Fsp3) is 0.294. The van der Waals surface area contributed by atoms with Gasteiger partial charge in [0.05, 0.1) is 13.7 Å². The fourth-order valence-electron chi connectivity index (χ4n) is 2.19. The summed E-state index contributed by atoms with van der Waals surface area (Å²) in [6, 6.07) is 16.0. The van der Waals surface area contributed by atoms with Gasteiger partial charge in [-0.05, 0) is 55.5 Å². The van der Waals surface area contributed by atoms with Crippen LogP contribution < -0.4 is 15.0 Å². The van der Waals surface area contributed by atoms with Crippen LogP contribution >= 0.6 is 0 Å². The molecule has 0 aliphatic rings. The van der Waals surface area contributed by atoms with E-state index in [9.17, 15) is 0 Å². The fourth-order valence-corrected chi connectivity index (χ4v) is 2.19. The van der Waals surface area contributed by atoms with Crippen molar-refractivity contribution in [2.45, 2.75) is 6.92 Å². The summed E-state index contributed by atoms with van der Waals surface area (Å²) in [6.07, 6.45) is 0. The highest BCUT2D eigenvalue weighted by Crippen LogP contribution is 2.22. The first-order valence-corrected chi connectivity index (χ1v) is 7.13. The van der Waals surface area contributed by atoms with E-state index in [1.54, 1.807) is 7.11 Å². The van der Waals surface area contributed by atoms with Crippen LogP contribution in [0, 0.1) is 0 Å². The van der Waals surface area contributed by atoms with Crippen molar-refractivity contribution in [2.75, 3.05) is 37.0 Å². The number of likely N-dealkylation sites (N-methyl/N-ethyl adjacent to an activating group) is 1. The zero-order valence-corrected chi connectivity index (χ0v) is 12.5. The summed E-state index contributed by atoms with van der Waals surface area (Å²) in [5.41, 5.74) is 3.17. The number of aliphatic hydroxyl groups excluding tert-OH is 1. The van der Waals surface area contributed by atoms with Gasteiger partial charge in [0, 0.05) is 30.2 Å². The molecule has 0 aliphatic heterocycles. The van der Waals surface area contributed by atoms with E-state index in [-0.39, 0.29) is 6.61 Å². The van der Waals surface area contributed by atoms with E-state index in [1.165, 1.54) is 0 Å². The molecule has 0 amide bonds. The van der Waals surface area contributed by atoms with E-state index in [1.807, 2.05) is 36.4 Å². The molecule has 2 rings (SSSR count). The molecule has 4 heteroatoms. The van der Waals surface area contributed by atoms with Gasteiger partial charge in [-0.1, -0.05) is 0 Å². The molecule has 21 heavy (non-hydrogen) atoms. The summed E-state index contributed by atoms with van der Waals surface area (Å²) in [4.78, 5) is 2.14. The van der Waals surface area contributed by atoms with Gasteiger partial charge in [0.2, 0.25) is 0 Å². The van der Waals surface area contributed by atoms with Gasteiger partial charge in [0.1, 0.15) is 5.75 Å². The molecule has 0 unspecified atom stereocenters. The molecule has 0 saturated heterocycles. The maximum atomic E-state index is 9.06. The van der Waals surface area contributed by atoms with E-state index < -0.39 is 0 Å². The van der Waals surface area contributed by atoms with Crippen molar-refractivity contribution < 1.29 is 9.84 Å². The Kier molecular flexibility index (Phi) is 5.46. The molecule has 0 bridgehead atoms. The van der Waals surface area contributed by atoms with Crippen molar-refractivity contribution >= 4 is 17.1 Å². The van der Waals surface area contributed by atoms with Crippen molar-refractivity contribution in [3.05, 3.63) is 48.5 Å². The topological polar surface area (TPSA) is 44.7 Å². The Balaban J connectivity index is 2.04. The van der Waals surface area contributed by atoms with Crippen molar-refractivity contribution in [3.8, 4) is 5.75 Å². The Bertz CT molecular complexity index is 538. The maximum absolute atomic E-state index is 9.06. The molecule has 0 radical (unpaired) electrons. The summed E-state index contributed by atoms with van der Waals surface area (Å²) >= 11 is 0. The third kappa shape index (κ3) is 4.13. The molecule has 0 atom stereocenters. The average molecular weight is 286 g/mol. The molecule has 0 saturated carbocycles. The van der Waals surface area contributed by atoms with Crippen molar-refractivity contribution in [2.24, 2.45) is 0 Å². The Labute approximate surface area is 126 Å². The number of anilines is 3. The van der Waals surface area contributed by atoms with Crippen LogP contribution in [0.5, 0.6) is 5.75 Å². The number of hydrogen-bond donors (Lipinski definition) is 2. The van der Waals surface area contributed by atoms with Crippen LogP contribution in [0.15, 0.2) is 48.5 Å². The van der Waals surface area contributed by atoms with E-state index in [0.29, 0.717) is 6.54 Å². The van der Waals surface area contributed by atoms with Gasteiger partial charge in [-0.25, -0.2) is 0 Å². The van der Waals surface area contributed by atoms with Crippen LogP contribution in [0.1, 0.15) is 6.92 Å². The smallest absolute Gasteiger partial charge is 0.119 e. The van der Waals surface area contributed by atoms with Gasteiger partial charge >= 0.3 is 0 Å². The Morgan fingerprint density at radius 2 is 1.57 bits per heavy atom. The van der Waals surface area contributed by atoms with Crippen LogP contribution in [0.3, 0.4) is 0 Å². The molecule has 2 N–H and O–H groups in total. The average Bonchev–Trinajstić information content (AvgIpc) is 2.54. The lowest BCUT2D eigenvalue weighted by atomic mass is 10.2. The summed E-state index contributed by atoms with van der Waals surface area (Å²) in [6.45, 7) is 3.78. The van der Waals surface area contributed by atoms with Crippen molar-refractivity contribution in [1.29, 1.82) is 0 Å². The molecule has 0 aromatic heterocycles. The zero-order chi connectivity index (χ0) is 15.1. The molecule has 112 valence electrons. The largest absolute Gasteiger partial charge is 0.497 e. The molecule has 2 aromatic rings. The Hall–Kier alpha value is -2.20. The first-order valence-electron chi connectivity index (χ1n) is 7.13. The van der Waals surface area contributed by atoms with Gasteiger partial charge in [-0.2, -0.15) is 0 Å². The molecular weight excluding hydrogens is 264 g/mol. The third-order valence-corrected chi connectivity index (χ3v) is 3.36. The van der Waals surface area contributed by atoms with Crippen LogP contribution in [0.2, 0.25) is 0 Å². The number of benzene rings is 2. The molecule has 4 nitrogen and oxygen atoms in total. The van der Waals surface area contributed by atoms with Crippen LogP contribution in [-0.4, -0.2) is 31.9 Å². The van der Waals surface area contributed by atoms with Crippen LogP contribution in [-0.2, 0) is 0 Å². The number of ether oxygens (including phenoxy) is 1. The van der Waals surface area contributed by atoms with Crippen LogP contribution in [0.25, 0.3) is 0 Å².